The fourth-order valence-electron chi connectivity index (χ4n) is 5.40. The van der Waals surface area contributed by atoms with E-state index < -0.39 is 39.5 Å². The SMILES string of the molecule is CC(C)OC(=O)OC(C)(C)OC(=O)[C@@H]1N2C(=O)[C@@H](I)[C@H]2SC1(C)C.CCCCCCCCS(=O)C(C)Cc1ccc2c(c1)OCO2. The summed E-state index contributed by atoms with van der Waals surface area (Å²) in [5.74, 6) is 0.306. The molecule has 1 aromatic carbocycles. The van der Waals surface area contributed by atoms with E-state index >= 15 is 0 Å². The number of amides is 1. The zero-order valence-corrected chi connectivity index (χ0v) is 32.1. The molecule has 260 valence electrons. The predicted octanol–water partition coefficient (Wildman–Crippen LogP) is 7.15. The van der Waals surface area contributed by atoms with E-state index in [2.05, 4.69) is 36.4 Å². The van der Waals surface area contributed by atoms with Crippen LogP contribution in [-0.4, -0.2) is 76.9 Å². The van der Waals surface area contributed by atoms with E-state index in [9.17, 15) is 18.6 Å². The number of benzene rings is 1. The van der Waals surface area contributed by atoms with Gasteiger partial charge >= 0.3 is 12.1 Å². The summed E-state index contributed by atoms with van der Waals surface area (Å²) in [5, 5.41) is 0.164. The van der Waals surface area contributed by atoms with Crippen LogP contribution < -0.4 is 9.47 Å². The minimum atomic E-state index is -1.49. The first-order chi connectivity index (χ1) is 21.6. The molecule has 3 aliphatic heterocycles. The number of carbonyl (C=O) groups excluding carboxylic acids is 3. The van der Waals surface area contributed by atoms with Gasteiger partial charge in [-0.15, -0.1) is 11.8 Å². The molecule has 2 saturated heterocycles. The van der Waals surface area contributed by atoms with Crippen LogP contribution in [-0.2, 0) is 41.0 Å². The summed E-state index contributed by atoms with van der Waals surface area (Å²) in [6.07, 6.45) is 7.07. The lowest BCUT2D eigenvalue weighted by Gasteiger charge is -2.41. The van der Waals surface area contributed by atoms with Gasteiger partial charge in [-0.3, -0.25) is 9.00 Å². The molecule has 1 amide bonds. The second-order valence-corrected chi connectivity index (χ2v) is 18.1. The molecule has 10 nitrogen and oxygen atoms in total. The van der Waals surface area contributed by atoms with Crippen molar-refractivity contribution in [2.24, 2.45) is 0 Å². The highest BCUT2D eigenvalue weighted by Gasteiger charge is 2.63. The van der Waals surface area contributed by atoms with Crippen molar-refractivity contribution >= 4 is 63.2 Å². The molecule has 4 rings (SSSR count). The number of nitrogens with zero attached hydrogens (tertiary/aromatic N) is 1. The van der Waals surface area contributed by atoms with Crippen molar-refractivity contribution in [2.75, 3.05) is 12.5 Å². The molecule has 13 heteroatoms. The van der Waals surface area contributed by atoms with Crippen molar-refractivity contribution in [3.05, 3.63) is 23.8 Å². The van der Waals surface area contributed by atoms with Crippen LogP contribution in [0.4, 0.5) is 4.79 Å². The smallest absolute Gasteiger partial charge is 0.454 e. The third-order valence-corrected chi connectivity index (χ3v) is 12.7. The maximum absolute atomic E-state index is 12.7. The quantitative estimate of drug-likeness (QED) is 0.0480. The van der Waals surface area contributed by atoms with E-state index in [1.807, 2.05) is 32.0 Å². The van der Waals surface area contributed by atoms with Crippen molar-refractivity contribution < 1.29 is 42.3 Å². The predicted molar refractivity (Wildman–Crippen MR) is 189 cm³/mol. The Bertz CT molecular complexity index is 1240. The summed E-state index contributed by atoms with van der Waals surface area (Å²) in [7, 11) is -0.743. The van der Waals surface area contributed by atoms with Crippen LogP contribution in [0.3, 0.4) is 0 Å². The lowest BCUT2D eigenvalue weighted by molar-refractivity contribution is -0.208. The van der Waals surface area contributed by atoms with Crippen molar-refractivity contribution in [3.63, 3.8) is 0 Å². The van der Waals surface area contributed by atoms with E-state index in [1.165, 1.54) is 51.5 Å². The lowest BCUT2D eigenvalue weighted by atomic mass is 9.98. The number of ether oxygens (including phenoxy) is 5. The fourth-order valence-corrected chi connectivity index (χ4v) is 9.32. The van der Waals surface area contributed by atoms with Gasteiger partial charge in [0.05, 0.1) is 6.10 Å². The van der Waals surface area contributed by atoms with Crippen LogP contribution >= 0.6 is 34.4 Å². The van der Waals surface area contributed by atoms with E-state index in [0.29, 0.717) is 6.79 Å². The van der Waals surface area contributed by atoms with E-state index in [4.69, 9.17) is 23.7 Å². The monoisotopic (exact) mass is 795 g/mol. The lowest BCUT2D eigenvalue weighted by Crippen LogP contribution is -2.64. The van der Waals surface area contributed by atoms with Crippen LogP contribution in [0.15, 0.2) is 18.2 Å². The number of esters is 1. The third-order valence-electron chi connectivity index (χ3n) is 7.71. The molecule has 3 heterocycles. The molecule has 0 radical (unpaired) electrons. The number of β-lactam (4-membered cyclic amide) rings is 1. The van der Waals surface area contributed by atoms with E-state index in [0.717, 1.165) is 30.1 Å². The van der Waals surface area contributed by atoms with Gasteiger partial charge in [-0.1, -0.05) is 74.6 Å². The Morgan fingerprint density at radius 2 is 1.74 bits per heavy atom. The molecule has 2 unspecified atom stereocenters. The number of fused-ring (bicyclic) bond motifs is 2. The van der Waals surface area contributed by atoms with Crippen molar-refractivity contribution in [2.45, 2.75) is 138 Å². The number of halogens is 1. The van der Waals surface area contributed by atoms with Gasteiger partial charge < -0.3 is 28.6 Å². The van der Waals surface area contributed by atoms with Crippen molar-refractivity contribution in [1.29, 1.82) is 0 Å². The first kappa shape index (κ1) is 38.7. The molecule has 0 saturated carbocycles. The van der Waals surface area contributed by atoms with Crippen LogP contribution in [0.25, 0.3) is 0 Å². The Labute approximate surface area is 294 Å². The number of thioether (sulfide) groups is 1. The first-order valence-electron chi connectivity index (χ1n) is 16.1. The van der Waals surface area contributed by atoms with Crippen LogP contribution in [0.5, 0.6) is 11.5 Å². The van der Waals surface area contributed by atoms with Crippen LogP contribution in [0, 0.1) is 0 Å². The summed E-state index contributed by atoms with van der Waals surface area (Å²) >= 11 is 3.67. The number of alkyl halides is 1. The summed E-state index contributed by atoms with van der Waals surface area (Å²) < 4.78 is 37.8. The average molecular weight is 796 g/mol. The maximum atomic E-state index is 12.7. The number of unbranched alkanes of at least 4 members (excludes halogenated alkanes) is 5. The van der Waals surface area contributed by atoms with Crippen molar-refractivity contribution in [3.8, 4) is 11.5 Å². The molecular formula is C33H50INO9S2. The molecule has 3 aliphatic rings. The molecule has 0 aromatic heterocycles. The van der Waals surface area contributed by atoms with Gasteiger partial charge in [-0.05, 0) is 58.2 Å². The van der Waals surface area contributed by atoms with Gasteiger partial charge in [-0.2, -0.15) is 0 Å². The zero-order valence-electron chi connectivity index (χ0n) is 28.3. The maximum Gasteiger partial charge on any atom is 0.511 e. The van der Waals surface area contributed by atoms with Gasteiger partial charge in [0.15, 0.2) is 11.5 Å². The summed E-state index contributed by atoms with van der Waals surface area (Å²) in [5.41, 5.74) is 1.17. The number of hydrogen-bond acceptors (Lipinski definition) is 10. The zero-order chi connectivity index (χ0) is 34.2. The number of hydrogen-bond donors (Lipinski definition) is 0. The second-order valence-electron chi connectivity index (χ2n) is 13.1. The molecule has 0 bridgehead atoms. The molecule has 2 fully saturated rings. The molecule has 0 aliphatic carbocycles. The molecule has 46 heavy (non-hydrogen) atoms. The fraction of sp³-hybridized carbons (Fsp3) is 0.727. The van der Waals surface area contributed by atoms with Gasteiger partial charge in [0.2, 0.25) is 12.7 Å². The largest absolute Gasteiger partial charge is 0.511 e. The van der Waals surface area contributed by atoms with Crippen LogP contribution in [0.1, 0.15) is 99.5 Å². The van der Waals surface area contributed by atoms with Gasteiger partial charge in [0.1, 0.15) is 15.3 Å². The van der Waals surface area contributed by atoms with E-state index in [-0.39, 0.29) is 26.6 Å². The first-order valence-corrected chi connectivity index (χ1v) is 19.6. The molecule has 0 spiro atoms. The van der Waals surface area contributed by atoms with Crippen molar-refractivity contribution in [1.82, 2.24) is 4.90 Å². The summed E-state index contributed by atoms with van der Waals surface area (Å²) in [6, 6.07) is 5.29. The topological polar surface area (TPSA) is 118 Å². The summed E-state index contributed by atoms with van der Waals surface area (Å²) in [4.78, 5) is 37.9. The highest BCUT2D eigenvalue weighted by molar-refractivity contribution is 14.1. The van der Waals surface area contributed by atoms with Gasteiger partial charge in [0.25, 0.3) is 5.79 Å². The number of carbonyl (C=O) groups is 3. The third kappa shape index (κ3) is 10.6. The van der Waals surface area contributed by atoms with Gasteiger partial charge in [-0.25, -0.2) is 9.59 Å². The van der Waals surface area contributed by atoms with Gasteiger partial charge in [0, 0.05) is 40.4 Å². The Morgan fingerprint density at radius 1 is 1.09 bits per heavy atom. The van der Waals surface area contributed by atoms with E-state index in [1.54, 1.807) is 30.5 Å². The molecular weight excluding hydrogens is 745 g/mol. The Balaban J connectivity index is 0.000000251. The molecule has 0 N–H and O–H groups in total. The molecule has 5 atom stereocenters. The molecule has 1 aromatic rings. The van der Waals surface area contributed by atoms with Crippen LogP contribution in [0.2, 0.25) is 0 Å². The average Bonchev–Trinajstić information content (AvgIpc) is 3.53. The highest BCUT2D eigenvalue weighted by atomic mass is 127. The second kappa shape index (κ2) is 17.1. The Hall–Kier alpha value is -1.74. The Morgan fingerprint density at radius 3 is 2.41 bits per heavy atom. The highest BCUT2D eigenvalue weighted by Crippen LogP contribution is 2.53. The summed E-state index contributed by atoms with van der Waals surface area (Å²) in [6.45, 7) is 14.7. The normalized spacial score (nSPS) is 22.3. The minimum Gasteiger partial charge on any atom is -0.454 e. The number of rotatable bonds is 14. The minimum absolute atomic E-state index is 0.0272. The Kier molecular flexibility index (Phi) is 14.4. The standard InChI is InChI=1S/C18H28O3S.C15H22INO6S/c1-3-4-5-6-7-8-11-22(19)15(2)12-16-9-10-17-18(13-16)21-14-20-17;1-7(2)21-13(20)23-15(5,6)22-12(19)9-14(3,4)24-11-8(16)10(18)17(9)11/h9-10,13,15H,3-8,11-12,14H2,1-2H3;7-9,11H,1-6H3/t;8-,9+,11-/m.1/s1.